The maximum absolute atomic E-state index is 12.4. The molecule has 24 heavy (non-hydrogen) atoms. The third-order valence-corrected chi connectivity index (χ3v) is 4.65. The molecule has 0 aliphatic rings. The van der Waals surface area contributed by atoms with Gasteiger partial charge in [-0.05, 0) is 32.4 Å². The average molecular weight is 323 g/mol. The number of aryl methyl sites for hydroxylation is 3. The van der Waals surface area contributed by atoms with Crippen molar-refractivity contribution in [3.8, 4) is 5.69 Å². The molecule has 0 saturated carbocycles. The van der Waals surface area contributed by atoms with E-state index in [1.54, 1.807) is 7.05 Å². The van der Waals surface area contributed by atoms with Gasteiger partial charge in [0.05, 0.1) is 5.69 Å². The fourth-order valence-corrected chi connectivity index (χ4v) is 3.22. The molecule has 0 unspecified atom stereocenters. The van der Waals surface area contributed by atoms with Crippen LogP contribution in [0.2, 0.25) is 0 Å². The van der Waals surface area contributed by atoms with E-state index in [0.29, 0.717) is 16.9 Å². The van der Waals surface area contributed by atoms with Crippen molar-refractivity contribution in [2.75, 3.05) is 0 Å². The summed E-state index contributed by atoms with van der Waals surface area (Å²) in [5, 5.41) is 0. The average Bonchev–Trinajstić information content (AvgIpc) is 3.04. The number of rotatable bonds is 1. The molecule has 0 atom stereocenters. The van der Waals surface area contributed by atoms with Gasteiger partial charge < -0.3 is 0 Å². The highest BCUT2D eigenvalue weighted by molar-refractivity contribution is 5.77. The zero-order valence-electron chi connectivity index (χ0n) is 13.9. The van der Waals surface area contributed by atoms with Gasteiger partial charge >= 0.3 is 5.69 Å². The lowest BCUT2D eigenvalue weighted by Crippen LogP contribution is -2.28. The van der Waals surface area contributed by atoms with Gasteiger partial charge in [0.2, 0.25) is 5.78 Å². The Morgan fingerprint density at radius 3 is 2.46 bits per heavy atom. The summed E-state index contributed by atoms with van der Waals surface area (Å²) in [6.07, 6.45) is 0. The number of aromatic amines is 1. The molecule has 0 bridgehead atoms. The summed E-state index contributed by atoms with van der Waals surface area (Å²) >= 11 is 0. The Morgan fingerprint density at radius 1 is 1.04 bits per heavy atom. The van der Waals surface area contributed by atoms with Gasteiger partial charge in [-0.2, -0.15) is 4.98 Å². The lowest BCUT2D eigenvalue weighted by atomic mass is 10.2. The number of hydrogen-bond donors (Lipinski definition) is 1. The van der Waals surface area contributed by atoms with E-state index in [1.165, 1.54) is 4.57 Å². The van der Waals surface area contributed by atoms with Crippen LogP contribution in [0.3, 0.4) is 0 Å². The van der Waals surface area contributed by atoms with E-state index in [9.17, 15) is 9.59 Å². The van der Waals surface area contributed by atoms with Gasteiger partial charge in [-0.1, -0.05) is 18.2 Å². The van der Waals surface area contributed by atoms with Crippen molar-refractivity contribution in [2.24, 2.45) is 7.05 Å². The van der Waals surface area contributed by atoms with Crippen LogP contribution in [0.15, 0.2) is 33.9 Å². The van der Waals surface area contributed by atoms with Crippen molar-refractivity contribution < 1.29 is 0 Å². The van der Waals surface area contributed by atoms with Crippen LogP contribution in [0.4, 0.5) is 0 Å². The van der Waals surface area contributed by atoms with E-state index in [0.717, 1.165) is 22.6 Å². The molecule has 122 valence electrons. The number of hydrogen-bond acceptors (Lipinski definition) is 3. The Bertz CT molecular complexity index is 1240. The fraction of sp³-hybridized carbons (Fsp3) is 0.235. The first-order valence-corrected chi connectivity index (χ1v) is 7.67. The van der Waals surface area contributed by atoms with Crippen molar-refractivity contribution in [1.29, 1.82) is 0 Å². The topological polar surface area (TPSA) is 77.1 Å². The van der Waals surface area contributed by atoms with Crippen LogP contribution in [-0.2, 0) is 7.05 Å². The lowest BCUT2D eigenvalue weighted by Gasteiger charge is -2.09. The second kappa shape index (κ2) is 4.70. The molecule has 0 aliphatic carbocycles. The molecule has 7 heteroatoms. The standard InChI is InChI=1S/C17H17N5O2/c1-9-7-5-6-8-12(9)21-10(2)11(3)22-13-14(18-16(21)22)20(4)17(24)19-15(13)23/h5-8H,1-4H3,(H,19,23,24). The number of H-pyrrole nitrogens is 1. The Balaban J connectivity index is 2.28. The summed E-state index contributed by atoms with van der Waals surface area (Å²) < 4.78 is 5.20. The summed E-state index contributed by atoms with van der Waals surface area (Å²) in [5.41, 5.74) is 3.90. The predicted octanol–water partition coefficient (Wildman–Crippen LogP) is 1.59. The minimum Gasteiger partial charge on any atom is -0.282 e. The number of nitrogens with one attached hydrogen (secondary N) is 1. The monoisotopic (exact) mass is 323 g/mol. The predicted molar refractivity (Wildman–Crippen MR) is 92.1 cm³/mol. The van der Waals surface area contributed by atoms with E-state index in [1.807, 2.05) is 54.0 Å². The molecule has 3 heterocycles. The number of imidazole rings is 2. The van der Waals surface area contributed by atoms with Gasteiger partial charge in [0.25, 0.3) is 5.56 Å². The van der Waals surface area contributed by atoms with Crippen LogP contribution in [0.25, 0.3) is 22.6 Å². The summed E-state index contributed by atoms with van der Waals surface area (Å²) in [6, 6.07) is 8.01. The van der Waals surface area contributed by atoms with Gasteiger partial charge in [-0.15, -0.1) is 0 Å². The number of para-hydroxylation sites is 1. The molecule has 0 fully saturated rings. The van der Waals surface area contributed by atoms with E-state index >= 15 is 0 Å². The minimum absolute atomic E-state index is 0.379. The van der Waals surface area contributed by atoms with Crippen molar-refractivity contribution in [3.05, 3.63) is 62.1 Å². The zero-order chi connectivity index (χ0) is 17.2. The second-order valence-electron chi connectivity index (χ2n) is 6.03. The summed E-state index contributed by atoms with van der Waals surface area (Å²) in [7, 11) is 1.60. The van der Waals surface area contributed by atoms with Gasteiger partial charge in [-0.25, -0.2) is 4.79 Å². The van der Waals surface area contributed by atoms with Crippen LogP contribution in [-0.4, -0.2) is 23.5 Å². The van der Waals surface area contributed by atoms with Crippen LogP contribution in [0.1, 0.15) is 17.0 Å². The molecule has 3 aromatic heterocycles. The summed E-state index contributed by atoms with van der Waals surface area (Å²) in [4.78, 5) is 31.2. The smallest absolute Gasteiger partial charge is 0.282 e. The number of aromatic nitrogens is 5. The normalized spacial score (nSPS) is 11.7. The largest absolute Gasteiger partial charge is 0.329 e. The molecule has 0 amide bonds. The molecule has 0 radical (unpaired) electrons. The van der Waals surface area contributed by atoms with E-state index in [-0.39, 0.29) is 0 Å². The van der Waals surface area contributed by atoms with Crippen molar-refractivity contribution in [1.82, 2.24) is 23.5 Å². The summed E-state index contributed by atoms with van der Waals surface area (Å²) in [5.74, 6) is 0.626. The quantitative estimate of drug-likeness (QED) is 0.578. The molecule has 4 rings (SSSR count). The third kappa shape index (κ3) is 1.69. The Labute approximate surface area is 136 Å². The third-order valence-electron chi connectivity index (χ3n) is 4.65. The zero-order valence-corrected chi connectivity index (χ0v) is 13.9. The van der Waals surface area contributed by atoms with Gasteiger partial charge in [0, 0.05) is 18.4 Å². The number of fused-ring (bicyclic) bond motifs is 3. The van der Waals surface area contributed by atoms with Gasteiger partial charge in [-0.3, -0.25) is 23.3 Å². The van der Waals surface area contributed by atoms with Gasteiger partial charge in [0.1, 0.15) is 0 Å². The summed E-state index contributed by atoms with van der Waals surface area (Å²) in [6.45, 7) is 5.98. The van der Waals surface area contributed by atoms with Crippen molar-refractivity contribution in [2.45, 2.75) is 20.8 Å². The highest BCUT2D eigenvalue weighted by Gasteiger charge is 2.21. The van der Waals surface area contributed by atoms with Crippen LogP contribution in [0, 0.1) is 20.8 Å². The van der Waals surface area contributed by atoms with Crippen LogP contribution in [0.5, 0.6) is 0 Å². The molecular weight excluding hydrogens is 306 g/mol. The SMILES string of the molecule is Cc1ccccc1-n1c(C)c(C)n2c3c(=O)[nH]c(=O)n(C)c3nc12. The Kier molecular flexibility index (Phi) is 2.84. The Morgan fingerprint density at radius 2 is 1.75 bits per heavy atom. The first-order chi connectivity index (χ1) is 11.4. The van der Waals surface area contributed by atoms with Crippen LogP contribution >= 0.6 is 0 Å². The first kappa shape index (κ1) is 14.5. The molecule has 0 aliphatic heterocycles. The molecule has 0 saturated heterocycles. The molecule has 0 spiro atoms. The maximum atomic E-state index is 12.4. The fourth-order valence-electron chi connectivity index (χ4n) is 3.22. The highest BCUT2D eigenvalue weighted by Crippen LogP contribution is 2.25. The number of benzene rings is 1. The van der Waals surface area contributed by atoms with E-state index < -0.39 is 11.2 Å². The van der Waals surface area contributed by atoms with E-state index in [2.05, 4.69) is 9.97 Å². The van der Waals surface area contributed by atoms with Gasteiger partial charge in [0.15, 0.2) is 11.2 Å². The second-order valence-corrected chi connectivity index (χ2v) is 6.03. The number of nitrogens with zero attached hydrogens (tertiary/aromatic N) is 4. The first-order valence-electron chi connectivity index (χ1n) is 7.67. The van der Waals surface area contributed by atoms with Crippen molar-refractivity contribution >= 4 is 16.9 Å². The van der Waals surface area contributed by atoms with E-state index in [4.69, 9.17) is 0 Å². The molecule has 7 nitrogen and oxygen atoms in total. The maximum Gasteiger partial charge on any atom is 0.329 e. The Hall–Kier alpha value is -3.09. The molecule has 1 N–H and O–H groups in total. The lowest BCUT2D eigenvalue weighted by molar-refractivity contribution is 0.830. The molecule has 4 aromatic rings. The highest BCUT2D eigenvalue weighted by atomic mass is 16.2. The minimum atomic E-state index is -0.468. The van der Waals surface area contributed by atoms with Crippen LogP contribution < -0.4 is 11.2 Å². The molecule has 1 aromatic carbocycles. The molecular formula is C17H17N5O2. The van der Waals surface area contributed by atoms with Crippen molar-refractivity contribution in [3.63, 3.8) is 0 Å².